The Morgan fingerprint density at radius 2 is 1.82 bits per heavy atom. The van der Waals surface area contributed by atoms with Gasteiger partial charge in [-0.1, -0.05) is 13.8 Å². The molecule has 2 heterocycles. The molecule has 7 heteroatoms. The van der Waals surface area contributed by atoms with E-state index in [9.17, 15) is 4.39 Å². The number of anilines is 1. The Hall–Kier alpha value is -1.09. The van der Waals surface area contributed by atoms with Crippen LogP contribution in [-0.4, -0.2) is 68.1 Å². The van der Waals surface area contributed by atoms with Crippen molar-refractivity contribution < 1.29 is 4.39 Å². The number of aliphatic imine (C=N–C) groups is 1. The van der Waals surface area contributed by atoms with E-state index < -0.39 is 0 Å². The molecular formula is C21H35FIN5. The predicted molar refractivity (Wildman–Crippen MR) is 126 cm³/mol. The molecule has 3 rings (SSSR count). The Labute approximate surface area is 186 Å². The summed E-state index contributed by atoms with van der Waals surface area (Å²) in [5.41, 5.74) is 7.35. The van der Waals surface area contributed by atoms with E-state index in [1.807, 2.05) is 12.1 Å². The van der Waals surface area contributed by atoms with E-state index in [4.69, 9.17) is 10.7 Å². The number of piperidine rings is 1. The van der Waals surface area contributed by atoms with Gasteiger partial charge in [0.2, 0.25) is 0 Å². The minimum Gasteiger partial charge on any atom is -0.370 e. The van der Waals surface area contributed by atoms with Crippen LogP contribution in [0.25, 0.3) is 0 Å². The number of piperazine rings is 1. The summed E-state index contributed by atoms with van der Waals surface area (Å²) in [6, 6.07) is 6.72. The number of halogens is 2. The van der Waals surface area contributed by atoms with Crippen LogP contribution < -0.4 is 10.6 Å². The fourth-order valence-electron chi connectivity index (χ4n) is 4.15. The molecule has 0 saturated carbocycles. The zero-order valence-electron chi connectivity index (χ0n) is 17.2. The average molecular weight is 503 g/mol. The normalized spacial score (nSPS) is 21.7. The molecule has 1 aromatic rings. The average Bonchev–Trinajstić information content (AvgIpc) is 2.67. The molecular weight excluding hydrogens is 468 g/mol. The number of benzene rings is 1. The van der Waals surface area contributed by atoms with Crippen molar-refractivity contribution in [2.75, 3.05) is 57.3 Å². The van der Waals surface area contributed by atoms with E-state index in [0.717, 1.165) is 50.9 Å². The summed E-state index contributed by atoms with van der Waals surface area (Å²) >= 11 is 0. The Morgan fingerprint density at radius 3 is 2.46 bits per heavy atom. The maximum absolute atomic E-state index is 13.1. The zero-order chi connectivity index (χ0) is 19.2. The molecule has 1 aromatic carbocycles. The van der Waals surface area contributed by atoms with Crippen LogP contribution in [0, 0.1) is 17.7 Å². The maximum atomic E-state index is 13.1. The highest BCUT2D eigenvalue weighted by atomic mass is 127. The lowest BCUT2D eigenvalue weighted by molar-refractivity contribution is 0.162. The number of rotatable bonds is 5. The molecule has 28 heavy (non-hydrogen) atoms. The molecule has 5 nitrogen and oxygen atoms in total. The van der Waals surface area contributed by atoms with Gasteiger partial charge in [-0.2, -0.15) is 0 Å². The summed E-state index contributed by atoms with van der Waals surface area (Å²) in [6.45, 7) is 12.4. The van der Waals surface area contributed by atoms with Crippen LogP contribution in [0.3, 0.4) is 0 Å². The van der Waals surface area contributed by atoms with E-state index in [2.05, 4.69) is 28.5 Å². The quantitative estimate of drug-likeness (QED) is 0.381. The van der Waals surface area contributed by atoms with E-state index >= 15 is 0 Å². The Morgan fingerprint density at radius 1 is 1.14 bits per heavy atom. The van der Waals surface area contributed by atoms with Crippen LogP contribution in [0.15, 0.2) is 29.3 Å². The molecule has 1 atom stereocenters. The highest BCUT2D eigenvalue weighted by Crippen LogP contribution is 2.19. The summed E-state index contributed by atoms with van der Waals surface area (Å²) in [7, 11) is 0. The minimum absolute atomic E-state index is 0. The molecule has 0 aromatic heterocycles. The van der Waals surface area contributed by atoms with Gasteiger partial charge >= 0.3 is 0 Å². The molecule has 0 radical (unpaired) electrons. The van der Waals surface area contributed by atoms with E-state index in [1.54, 1.807) is 0 Å². The van der Waals surface area contributed by atoms with Crippen LogP contribution in [0.4, 0.5) is 10.1 Å². The van der Waals surface area contributed by atoms with Gasteiger partial charge in [0.05, 0.1) is 0 Å². The molecule has 0 aliphatic carbocycles. The fraction of sp³-hybridized carbons (Fsp3) is 0.667. The van der Waals surface area contributed by atoms with Gasteiger partial charge in [0.25, 0.3) is 0 Å². The van der Waals surface area contributed by atoms with Crippen LogP contribution in [0.1, 0.15) is 26.7 Å². The molecule has 1 unspecified atom stereocenters. The van der Waals surface area contributed by atoms with Crippen LogP contribution in [0.2, 0.25) is 0 Å². The molecule has 0 bridgehead atoms. The number of likely N-dealkylation sites (tertiary alicyclic amines) is 1. The summed E-state index contributed by atoms with van der Waals surface area (Å²) < 4.78 is 13.1. The number of hydrogen-bond donors (Lipinski definition) is 1. The van der Waals surface area contributed by atoms with Crippen molar-refractivity contribution in [3.05, 3.63) is 30.1 Å². The molecule has 0 spiro atoms. The third-order valence-electron chi connectivity index (χ3n) is 5.53. The van der Waals surface area contributed by atoms with Gasteiger partial charge in [-0.15, -0.1) is 24.0 Å². The first-order chi connectivity index (χ1) is 13.0. The number of nitrogens with two attached hydrogens (primary N) is 1. The number of guanidine groups is 1. The lowest BCUT2D eigenvalue weighted by Gasteiger charge is -2.37. The van der Waals surface area contributed by atoms with Crippen LogP contribution in [0.5, 0.6) is 0 Å². The molecule has 2 fully saturated rings. The largest absolute Gasteiger partial charge is 0.370 e. The van der Waals surface area contributed by atoms with Crippen LogP contribution in [-0.2, 0) is 0 Å². The second-order valence-corrected chi connectivity index (χ2v) is 8.31. The summed E-state index contributed by atoms with van der Waals surface area (Å²) in [5.74, 6) is 1.82. The Balaban J connectivity index is 0.00000280. The van der Waals surface area contributed by atoms with Gasteiger partial charge < -0.3 is 20.4 Å². The molecule has 2 saturated heterocycles. The second-order valence-electron chi connectivity index (χ2n) is 8.31. The van der Waals surface area contributed by atoms with Crippen molar-refractivity contribution in [3.63, 3.8) is 0 Å². The van der Waals surface area contributed by atoms with E-state index in [0.29, 0.717) is 11.9 Å². The van der Waals surface area contributed by atoms with Gasteiger partial charge in [-0.25, -0.2) is 4.39 Å². The van der Waals surface area contributed by atoms with Gasteiger partial charge in [0, 0.05) is 51.5 Å². The van der Waals surface area contributed by atoms with Crippen molar-refractivity contribution in [1.82, 2.24) is 9.80 Å². The van der Waals surface area contributed by atoms with Crippen molar-refractivity contribution >= 4 is 35.6 Å². The van der Waals surface area contributed by atoms with Gasteiger partial charge in [0.15, 0.2) is 5.96 Å². The van der Waals surface area contributed by atoms with Gasteiger partial charge in [-0.05, 0) is 55.5 Å². The SMILES string of the molecule is CC(C)CN1CCCC(CN=C(N)N2CCN(c3ccc(F)cc3)CC2)C1.I. The fourth-order valence-corrected chi connectivity index (χ4v) is 4.15. The third-order valence-corrected chi connectivity index (χ3v) is 5.53. The Bertz CT molecular complexity index is 614. The zero-order valence-corrected chi connectivity index (χ0v) is 19.5. The lowest BCUT2D eigenvalue weighted by Crippen LogP contribution is -2.51. The molecule has 0 amide bonds. The highest BCUT2D eigenvalue weighted by Gasteiger charge is 2.22. The Kier molecular flexibility index (Phi) is 9.27. The van der Waals surface area contributed by atoms with Gasteiger partial charge in [-0.3, -0.25) is 4.99 Å². The first kappa shape index (κ1) is 23.2. The second kappa shape index (κ2) is 11.2. The highest BCUT2D eigenvalue weighted by molar-refractivity contribution is 14.0. The first-order valence-electron chi connectivity index (χ1n) is 10.3. The van der Waals surface area contributed by atoms with E-state index in [1.165, 1.54) is 38.1 Å². The van der Waals surface area contributed by atoms with Crippen molar-refractivity contribution in [3.8, 4) is 0 Å². The topological polar surface area (TPSA) is 48.1 Å². The number of nitrogens with zero attached hydrogens (tertiary/aromatic N) is 4. The van der Waals surface area contributed by atoms with Crippen molar-refractivity contribution in [2.24, 2.45) is 22.6 Å². The standard InChI is InChI=1S/C21H34FN5.HI/c1-17(2)15-25-9-3-4-18(16-25)14-24-21(23)27-12-10-26(11-13-27)20-7-5-19(22)6-8-20;/h5-8,17-18H,3-4,9-16H2,1-2H3,(H2,23,24);1H. The molecule has 158 valence electrons. The maximum Gasteiger partial charge on any atom is 0.191 e. The first-order valence-corrected chi connectivity index (χ1v) is 10.3. The predicted octanol–water partition coefficient (Wildman–Crippen LogP) is 3.25. The summed E-state index contributed by atoms with van der Waals surface area (Å²) in [5, 5.41) is 0. The summed E-state index contributed by atoms with van der Waals surface area (Å²) in [6.07, 6.45) is 2.52. The van der Waals surface area contributed by atoms with Crippen molar-refractivity contribution in [2.45, 2.75) is 26.7 Å². The lowest BCUT2D eigenvalue weighted by atomic mass is 9.97. The molecule has 2 N–H and O–H groups in total. The minimum atomic E-state index is -0.191. The third kappa shape index (κ3) is 6.76. The molecule has 2 aliphatic rings. The summed E-state index contributed by atoms with van der Waals surface area (Å²) in [4.78, 5) is 11.7. The van der Waals surface area contributed by atoms with Gasteiger partial charge in [0.1, 0.15) is 5.82 Å². The monoisotopic (exact) mass is 503 g/mol. The van der Waals surface area contributed by atoms with Crippen molar-refractivity contribution in [1.29, 1.82) is 0 Å². The smallest absolute Gasteiger partial charge is 0.191 e. The molecule has 2 aliphatic heterocycles. The van der Waals surface area contributed by atoms with E-state index in [-0.39, 0.29) is 29.8 Å². The number of hydrogen-bond acceptors (Lipinski definition) is 3. The van der Waals surface area contributed by atoms with Crippen LogP contribution >= 0.6 is 24.0 Å².